The molecule has 0 spiro atoms. The highest BCUT2D eigenvalue weighted by atomic mass is 16.1. The number of nitrogens with two attached hydrogens (primary N) is 2. The second kappa shape index (κ2) is 5.29. The van der Waals surface area contributed by atoms with E-state index in [1.54, 1.807) is 0 Å². The van der Waals surface area contributed by atoms with Crippen LogP contribution >= 0.6 is 0 Å². The number of carbonyl (C=O) groups is 1. The van der Waals surface area contributed by atoms with Crippen molar-refractivity contribution in [2.24, 2.45) is 11.5 Å². The van der Waals surface area contributed by atoms with E-state index in [0.29, 0.717) is 12.6 Å². The molecule has 1 fully saturated rings. The van der Waals surface area contributed by atoms with E-state index in [1.807, 2.05) is 0 Å². The second-order valence-corrected chi connectivity index (χ2v) is 3.99. The summed E-state index contributed by atoms with van der Waals surface area (Å²) < 4.78 is 0. The van der Waals surface area contributed by atoms with E-state index >= 15 is 0 Å². The van der Waals surface area contributed by atoms with Crippen LogP contribution in [0.25, 0.3) is 0 Å². The number of primary amides is 1. The summed E-state index contributed by atoms with van der Waals surface area (Å²) in [5.41, 5.74) is 10.6. The lowest BCUT2D eigenvalue weighted by Crippen LogP contribution is -2.49. The second-order valence-electron chi connectivity index (χ2n) is 3.99. The third-order valence-electron chi connectivity index (χ3n) is 2.71. The summed E-state index contributed by atoms with van der Waals surface area (Å²) >= 11 is 0. The first-order valence-electron chi connectivity index (χ1n) is 5.06. The minimum Gasteiger partial charge on any atom is -0.368 e. The molecule has 5 nitrogen and oxygen atoms in total. The highest BCUT2D eigenvalue weighted by Crippen LogP contribution is 2.07. The fraction of sp³-hybridized carbons (Fsp3) is 0.889. The Kier molecular flexibility index (Phi) is 4.31. The van der Waals surface area contributed by atoms with Crippen LogP contribution in [0, 0.1) is 0 Å². The fourth-order valence-electron chi connectivity index (χ4n) is 1.61. The van der Waals surface area contributed by atoms with Crippen molar-refractivity contribution in [1.82, 2.24) is 10.2 Å². The summed E-state index contributed by atoms with van der Waals surface area (Å²) in [6, 6.07) is -0.0775. The first-order valence-corrected chi connectivity index (χ1v) is 5.06. The van der Waals surface area contributed by atoms with Crippen LogP contribution < -0.4 is 16.8 Å². The van der Waals surface area contributed by atoms with Crippen LogP contribution in [-0.2, 0) is 4.79 Å². The normalized spacial score (nSPS) is 22.1. The number of hydrogen-bond donors (Lipinski definition) is 3. The molecule has 1 amide bonds. The largest absolute Gasteiger partial charge is 0.368 e. The maximum absolute atomic E-state index is 10.7. The predicted octanol–water partition coefficient (Wildman–Crippen LogP) is -1.52. The molecule has 0 saturated carbocycles. The summed E-state index contributed by atoms with van der Waals surface area (Å²) in [5.74, 6) is -0.439. The molecule has 0 aromatic carbocycles. The Morgan fingerprint density at radius 1 is 1.57 bits per heavy atom. The van der Waals surface area contributed by atoms with Gasteiger partial charge in [0.25, 0.3) is 0 Å². The van der Waals surface area contributed by atoms with Gasteiger partial charge in [-0.2, -0.15) is 0 Å². The van der Waals surface area contributed by atoms with Gasteiger partial charge in [0.05, 0.1) is 6.04 Å². The highest BCUT2D eigenvalue weighted by molar-refractivity contribution is 5.79. The van der Waals surface area contributed by atoms with Crippen LogP contribution in [0.4, 0.5) is 0 Å². The standard InChI is InChI=1S/C9H20N4O/c1-13-4-2-7(3-5-13)12-6-8(10)9(11)14/h7-8,12H,2-6,10H2,1H3,(H2,11,14). The first-order chi connectivity index (χ1) is 6.59. The first kappa shape index (κ1) is 11.4. The van der Waals surface area contributed by atoms with Crippen molar-refractivity contribution >= 4 is 5.91 Å². The Hall–Kier alpha value is -0.650. The molecule has 0 aliphatic carbocycles. The number of nitrogens with one attached hydrogen (secondary N) is 1. The summed E-state index contributed by atoms with van der Waals surface area (Å²) in [4.78, 5) is 13.0. The van der Waals surface area contributed by atoms with Gasteiger partial charge < -0.3 is 21.7 Å². The van der Waals surface area contributed by atoms with E-state index in [9.17, 15) is 4.79 Å². The smallest absolute Gasteiger partial charge is 0.235 e. The molecular formula is C9H20N4O. The van der Waals surface area contributed by atoms with E-state index in [1.165, 1.54) is 0 Å². The van der Waals surface area contributed by atoms with Crippen molar-refractivity contribution < 1.29 is 4.79 Å². The molecule has 0 aromatic rings. The van der Waals surface area contributed by atoms with Crippen LogP contribution in [0.3, 0.4) is 0 Å². The van der Waals surface area contributed by atoms with Gasteiger partial charge in [-0.15, -0.1) is 0 Å². The molecule has 1 aliphatic rings. The molecule has 0 bridgehead atoms. The van der Waals surface area contributed by atoms with Crippen LogP contribution in [0.2, 0.25) is 0 Å². The Labute approximate surface area is 84.8 Å². The Morgan fingerprint density at radius 3 is 2.64 bits per heavy atom. The average Bonchev–Trinajstić information content (AvgIpc) is 2.16. The fourth-order valence-corrected chi connectivity index (χ4v) is 1.61. The number of amides is 1. The van der Waals surface area contributed by atoms with Gasteiger partial charge in [-0.3, -0.25) is 4.79 Å². The number of likely N-dealkylation sites (tertiary alicyclic amines) is 1. The topological polar surface area (TPSA) is 84.4 Å². The molecule has 14 heavy (non-hydrogen) atoms. The Balaban J connectivity index is 2.16. The minimum atomic E-state index is -0.561. The molecule has 1 rings (SSSR count). The SMILES string of the molecule is CN1CCC(NCC(N)C(N)=O)CC1. The molecule has 1 unspecified atom stereocenters. The van der Waals surface area contributed by atoms with Crippen LogP contribution in [0.1, 0.15) is 12.8 Å². The zero-order valence-electron chi connectivity index (χ0n) is 8.70. The number of carbonyl (C=O) groups excluding carboxylic acids is 1. The molecule has 0 radical (unpaired) electrons. The molecule has 5 N–H and O–H groups in total. The Morgan fingerprint density at radius 2 is 2.14 bits per heavy atom. The molecule has 1 aliphatic heterocycles. The quantitative estimate of drug-likeness (QED) is 0.515. The van der Waals surface area contributed by atoms with Gasteiger partial charge in [0, 0.05) is 12.6 Å². The molecule has 1 atom stereocenters. The highest BCUT2D eigenvalue weighted by Gasteiger charge is 2.17. The third-order valence-corrected chi connectivity index (χ3v) is 2.71. The summed E-state index contributed by atoms with van der Waals surface area (Å²) in [6.07, 6.45) is 2.23. The van der Waals surface area contributed by atoms with Crippen LogP contribution in [-0.4, -0.2) is 49.6 Å². The number of piperidine rings is 1. The van der Waals surface area contributed by atoms with E-state index in [0.717, 1.165) is 25.9 Å². The maximum Gasteiger partial charge on any atom is 0.235 e. The van der Waals surface area contributed by atoms with Crippen LogP contribution in [0.15, 0.2) is 0 Å². The van der Waals surface area contributed by atoms with Gasteiger partial charge in [0.2, 0.25) is 5.91 Å². The van der Waals surface area contributed by atoms with Crippen molar-refractivity contribution in [3.05, 3.63) is 0 Å². The monoisotopic (exact) mass is 200 g/mol. The zero-order chi connectivity index (χ0) is 10.6. The lowest BCUT2D eigenvalue weighted by atomic mass is 10.1. The number of hydrogen-bond acceptors (Lipinski definition) is 4. The molecule has 82 valence electrons. The average molecular weight is 200 g/mol. The zero-order valence-corrected chi connectivity index (χ0v) is 8.70. The number of rotatable bonds is 4. The van der Waals surface area contributed by atoms with Crippen molar-refractivity contribution in [3.63, 3.8) is 0 Å². The van der Waals surface area contributed by atoms with E-state index < -0.39 is 11.9 Å². The van der Waals surface area contributed by atoms with Crippen molar-refractivity contribution in [2.45, 2.75) is 24.9 Å². The van der Waals surface area contributed by atoms with Gasteiger partial charge in [-0.25, -0.2) is 0 Å². The summed E-state index contributed by atoms with van der Waals surface area (Å²) in [5, 5.41) is 3.27. The molecule has 1 heterocycles. The maximum atomic E-state index is 10.7. The van der Waals surface area contributed by atoms with Crippen molar-refractivity contribution in [1.29, 1.82) is 0 Å². The molecule has 1 saturated heterocycles. The van der Waals surface area contributed by atoms with Gasteiger partial charge in [0.15, 0.2) is 0 Å². The lowest BCUT2D eigenvalue weighted by molar-refractivity contribution is -0.119. The molecule has 0 aromatic heterocycles. The third kappa shape index (κ3) is 3.61. The van der Waals surface area contributed by atoms with Gasteiger partial charge >= 0.3 is 0 Å². The van der Waals surface area contributed by atoms with E-state index in [2.05, 4.69) is 17.3 Å². The van der Waals surface area contributed by atoms with Crippen LogP contribution in [0.5, 0.6) is 0 Å². The molecular weight excluding hydrogens is 180 g/mol. The van der Waals surface area contributed by atoms with E-state index in [4.69, 9.17) is 11.5 Å². The minimum absolute atomic E-state index is 0.439. The van der Waals surface area contributed by atoms with Gasteiger partial charge in [0.1, 0.15) is 0 Å². The van der Waals surface area contributed by atoms with Gasteiger partial charge in [-0.05, 0) is 33.0 Å². The van der Waals surface area contributed by atoms with E-state index in [-0.39, 0.29) is 0 Å². The lowest BCUT2D eigenvalue weighted by Gasteiger charge is -2.30. The Bertz CT molecular complexity index is 189. The molecule has 5 heteroatoms. The number of nitrogens with zero attached hydrogens (tertiary/aromatic N) is 1. The summed E-state index contributed by atoms with van der Waals surface area (Å²) in [6.45, 7) is 2.69. The summed E-state index contributed by atoms with van der Waals surface area (Å²) in [7, 11) is 2.12. The predicted molar refractivity (Wildman–Crippen MR) is 55.7 cm³/mol. The van der Waals surface area contributed by atoms with Crippen molar-refractivity contribution in [2.75, 3.05) is 26.7 Å². The van der Waals surface area contributed by atoms with Gasteiger partial charge in [-0.1, -0.05) is 0 Å². The van der Waals surface area contributed by atoms with Crippen molar-refractivity contribution in [3.8, 4) is 0 Å².